The van der Waals surface area contributed by atoms with Crippen LogP contribution >= 0.6 is 11.3 Å². The monoisotopic (exact) mass is 403 g/mol. The quantitative estimate of drug-likeness (QED) is 0.445. The van der Waals surface area contributed by atoms with Gasteiger partial charge in [-0.15, -0.1) is 11.3 Å². The third-order valence-corrected chi connectivity index (χ3v) is 5.81. The van der Waals surface area contributed by atoms with Crippen LogP contribution < -0.4 is 5.56 Å². The van der Waals surface area contributed by atoms with Gasteiger partial charge in [-0.1, -0.05) is 30.3 Å². The number of para-hydroxylation sites is 1. The van der Waals surface area contributed by atoms with Crippen molar-refractivity contribution in [3.05, 3.63) is 88.2 Å². The van der Waals surface area contributed by atoms with Crippen LogP contribution in [0.4, 0.5) is 4.39 Å². The van der Waals surface area contributed by atoms with E-state index in [2.05, 4.69) is 9.97 Å². The normalized spacial score (nSPS) is 11.3. The number of nitrogens with zero attached hydrogens (tertiary/aromatic N) is 2. The molecule has 29 heavy (non-hydrogen) atoms. The van der Waals surface area contributed by atoms with E-state index in [0.717, 1.165) is 16.5 Å². The maximum Gasteiger partial charge on any atom is 0.263 e. The minimum atomic E-state index is -0.340. The summed E-state index contributed by atoms with van der Waals surface area (Å²) in [6.45, 7) is -0.109. The minimum Gasteiger partial charge on any atom is -0.360 e. The number of fused-ring (bicyclic) bond motifs is 2. The number of carbonyl (C=O) groups excluding carboxylic acids is 1. The zero-order valence-corrected chi connectivity index (χ0v) is 15.9. The molecular formula is C22H14FN3O2S. The molecule has 0 aliphatic heterocycles. The van der Waals surface area contributed by atoms with Crippen LogP contribution in [0.5, 0.6) is 0 Å². The Hall–Kier alpha value is -3.58. The summed E-state index contributed by atoms with van der Waals surface area (Å²) in [6.07, 6.45) is 3.07. The second-order valence-corrected chi connectivity index (χ2v) is 7.54. The lowest BCUT2D eigenvalue weighted by Crippen LogP contribution is -2.24. The predicted octanol–water partition coefficient (Wildman–Crippen LogP) is 4.63. The molecule has 0 saturated heterocycles. The first-order chi connectivity index (χ1) is 14.1. The molecule has 2 aromatic carbocycles. The number of carbonyl (C=O) groups is 1. The van der Waals surface area contributed by atoms with E-state index in [1.165, 1.54) is 34.4 Å². The molecular weight excluding hydrogens is 389 g/mol. The number of Topliss-reactive ketones (excluding diaryl/α,β-unsaturated/α-hetero) is 1. The Labute approximate surface area is 168 Å². The van der Waals surface area contributed by atoms with E-state index in [4.69, 9.17) is 0 Å². The van der Waals surface area contributed by atoms with Crippen LogP contribution in [0.1, 0.15) is 10.4 Å². The van der Waals surface area contributed by atoms with Crippen molar-refractivity contribution >= 4 is 38.2 Å². The smallest absolute Gasteiger partial charge is 0.263 e. The number of nitrogens with one attached hydrogen (secondary N) is 1. The number of ketones is 1. The molecule has 5 nitrogen and oxygen atoms in total. The van der Waals surface area contributed by atoms with Gasteiger partial charge in [0, 0.05) is 33.6 Å². The molecule has 0 saturated carbocycles. The molecule has 0 amide bonds. The highest BCUT2D eigenvalue weighted by Crippen LogP contribution is 2.30. The lowest BCUT2D eigenvalue weighted by Gasteiger charge is -2.06. The first kappa shape index (κ1) is 17.5. The van der Waals surface area contributed by atoms with Gasteiger partial charge >= 0.3 is 0 Å². The predicted molar refractivity (Wildman–Crippen MR) is 112 cm³/mol. The average Bonchev–Trinajstić information content (AvgIpc) is 3.35. The van der Waals surface area contributed by atoms with Crippen LogP contribution in [0.15, 0.2) is 71.2 Å². The van der Waals surface area contributed by atoms with Gasteiger partial charge in [0.15, 0.2) is 5.78 Å². The molecule has 0 bridgehead atoms. The molecule has 0 aliphatic rings. The summed E-state index contributed by atoms with van der Waals surface area (Å²) in [6, 6.07) is 13.5. The lowest BCUT2D eigenvalue weighted by molar-refractivity contribution is 0.0972. The molecule has 142 valence electrons. The van der Waals surface area contributed by atoms with Gasteiger partial charge in [-0.05, 0) is 23.8 Å². The van der Waals surface area contributed by atoms with E-state index in [9.17, 15) is 14.0 Å². The van der Waals surface area contributed by atoms with E-state index in [0.29, 0.717) is 21.3 Å². The Morgan fingerprint density at radius 2 is 1.93 bits per heavy atom. The second-order valence-electron chi connectivity index (χ2n) is 6.69. The largest absolute Gasteiger partial charge is 0.360 e. The van der Waals surface area contributed by atoms with Crippen molar-refractivity contribution in [1.82, 2.24) is 14.5 Å². The highest BCUT2D eigenvalue weighted by molar-refractivity contribution is 7.17. The number of aromatic amines is 1. The molecule has 3 aromatic heterocycles. The van der Waals surface area contributed by atoms with Gasteiger partial charge in [0.05, 0.1) is 18.3 Å². The molecule has 0 spiro atoms. The molecule has 0 unspecified atom stereocenters. The zero-order chi connectivity index (χ0) is 20.0. The first-order valence-corrected chi connectivity index (χ1v) is 9.81. The summed E-state index contributed by atoms with van der Waals surface area (Å²) in [5, 5.41) is 3.09. The van der Waals surface area contributed by atoms with Gasteiger partial charge in [-0.25, -0.2) is 9.37 Å². The number of H-pyrrole nitrogens is 1. The van der Waals surface area contributed by atoms with Crippen molar-refractivity contribution in [1.29, 1.82) is 0 Å². The Kier molecular flexibility index (Phi) is 4.10. The van der Waals surface area contributed by atoms with E-state index < -0.39 is 0 Å². The number of hydrogen-bond donors (Lipinski definition) is 1. The Morgan fingerprint density at radius 3 is 2.76 bits per heavy atom. The standard InChI is InChI=1S/C22H14FN3O2S/c23-14-7-5-13(6-8-14)17-11-29-21-20(17)22(28)26(12-25-21)10-19(27)16-9-24-18-4-2-1-3-15(16)18/h1-9,11-12,24H,10H2. The third-order valence-electron chi connectivity index (χ3n) is 4.92. The van der Waals surface area contributed by atoms with Gasteiger partial charge < -0.3 is 4.98 Å². The van der Waals surface area contributed by atoms with Crippen LogP contribution in [0.3, 0.4) is 0 Å². The van der Waals surface area contributed by atoms with E-state index in [1.807, 2.05) is 29.6 Å². The van der Waals surface area contributed by atoms with Crippen LogP contribution in [-0.4, -0.2) is 20.3 Å². The van der Waals surface area contributed by atoms with Gasteiger partial charge in [-0.3, -0.25) is 14.2 Å². The van der Waals surface area contributed by atoms with Crippen molar-refractivity contribution < 1.29 is 9.18 Å². The van der Waals surface area contributed by atoms with E-state index in [1.54, 1.807) is 18.3 Å². The summed E-state index contributed by atoms with van der Waals surface area (Å²) < 4.78 is 14.6. The fourth-order valence-corrected chi connectivity index (χ4v) is 4.37. The zero-order valence-electron chi connectivity index (χ0n) is 15.1. The summed E-state index contributed by atoms with van der Waals surface area (Å²) in [5.74, 6) is -0.516. The number of halogens is 1. The van der Waals surface area contributed by atoms with Crippen molar-refractivity contribution in [2.45, 2.75) is 6.54 Å². The molecule has 0 radical (unpaired) electrons. The average molecular weight is 403 g/mol. The number of aromatic nitrogens is 3. The van der Waals surface area contributed by atoms with Crippen LogP contribution in [0, 0.1) is 5.82 Å². The summed E-state index contributed by atoms with van der Waals surface area (Å²) >= 11 is 1.35. The molecule has 0 fully saturated rings. The Balaban J connectivity index is 1.56. The molecule has 5 aromatic rings. The molecule has 1 N–H and O–H groups in total. The van der Waals surface area contributed by atoms with Crippen molar-refractivity contribution in [3.8, 4) is 11.1 Å². The first-order valence-electron chi connectivity index (χ1n) is 8.94. The van der Waals surface area contributed by atoms with Crippen LogP contribution in [0.25, 0.3) is 32.2 Å². The Morgan fingerprint density at radius 1 is 1.14 bits per heavy atom. The SMILES string of the molecule is O=C(Cn1cnc2scc(-c3ccc(F)cc3)c2c1=O)c1c[nH]c2ccccc12. The van der Waals surface area contributed by atoms with Gasteiger partial charge in [0.2, 0.25) is 0 Å². The summed E-state index contributed by atoms with van der Waals surface area (Å²) in [7, 11) is 0. The summed E-state index contributed by atoms with van der Waals surface area (Å²) in [4.78, 5) is 34.0. The molecule has 3 heterocycles. The van der Waals surface area contributed by atoms with Crippen molar-refractivity contribution in [3.63, 3.8) is 0 Å². The van der Waals surface area contributed by atoms with E-state index in [-0.39, 0.29) is 23.7 Å². The Bertz CT molecular complexity index is 1430. The molecule has 5 rings (SSSR count). The van der Waals surface area contributed by atoms with Crippen LogP contribution in [0.2, 0.25) is 0 Å². The van der Waals surface area contributed by atoms with Gasteiger partial charge in [0.1, 0.15) is 10.6 Å². The summed E-state index contributed by atoms with van der Waals surface area (Å²) in [5.41, 5.74) is 2.54. The van der Waals surface area contributed by atoms with Crippen molar-refractivity contribution in [2.75, 3.05) is 0 Å². The number of thiophene rings is 1. The fourth-order valence-electron chi connectivity index (χ4n) is 3.46. The maximum atomic E-state index is 13.3. The minimum absolute atomic E-state index is 0.109. The number of hydrogen-bond acceptors (Lipinski definition) is 4. The second kappa shape index (κ2) is 6.79. The van der Waals surface area contributed by atoms with Gasteiger partial charge in [0.25, 0.3) is 5.56 Å². The highest BCUT2D eigenvalue weighted by atomic mass is 32.1. The topological polar surface area (TPSA) is 67.8 Å². The third kappa shape index (κ3) is 2.96. The van der Waals surface area contributed by atoms with Crippen molar-refractivity contribution in [2.24, 2.45) is 0 Å². The highest BCUT2D eigenvalue weighted by Gasteiger charge is 2.17. The molecule has 0 atom stereocenters. The van der Waals surface area contributed by atoms with Gasteiger partial charge in [-0.2, -0.15) is 0 Å². The number of rotatable bonds is 4. The van der Waals surface area contributed by atoms with Crippen LogP contribution in [-0.2, 0) is 6.54 Å². The molecule has 0 aliphatic carbocycles. The molecule has 7 heteroatoms. The fraction of sp³-hybridized carbons (Fsp3) is 0.0455. The lowest BCUT2D eigenvalue weighted by atomic mass is 10.1. The maximum absolute atomic E-state index is 13.3. The van der Waals surface area contributed by atoms with E-state index >= 15 is 0 Å². The number of benzene rings is 2.